The second-order valence-corrected chi connectivity index (χ2v) is 7.45. The minimum Gasteiger partial charge on any atom is -0.508 e. The summed E-state index contributed by atoms with van der Waals surface area (Å²) in [6.45, 7) is 1.60. The predicted octanol–water partition coefficient (Wildman–Crippen LogP) is 4.16. The van der Waals surface area contributed by atoms with Crippen molar-refractivity contribution in [1.82, 2.24) is 4.98 Å². The van der Waals surface area contributed by atoms with Crippen LogP contribution in [0.25, 0.3) is 10.2 Å². The van der Waals surface area contributed by atoms with E-state index in [4.69, 9.17) is 0 Å². The van der Waals surface area contributed by atoms with Gasteiger partial charge in [0.1, 0.15) is 5.75 Å². The summed E-state index contributed by atoms with van der Waals surface area (Å²) in [6.07, 6.45) is 0.0609. The van der Waals surface area contributed by atoms with Crippen molar-refractivity contribution >= 4 is 38.4 Å². The molecule has 0 saturated heterocycles. The van der Waals surface area contributed by atoms with E-state index in [9.17, 15) is 28.6 Å². The first-order chi connectivity index (χ1) is 13.8. The maximum absolute atomic E-state index is 13.6. The number of Topliss-reactive ketones (excluding diaryl/α,β-unsaturated/α-hetero) is 1. The standard InChI is InChI=1S/C20H14F2N2O4S/c1-2-14(26)16-17(9-3-5-10(25)6-4-9)24(19(28)18(16)27)20-23-13-7-11(21)12(22)8-15(13)29-20/h3-8,17,25,27H,2H2,1H3. The zero-order chi connectivity index (χ0) is 20.9. The third kappa shape index (κ3) is 3.03. The fourth-order valence-electron chi connectivity index (χ4n) is 3.26. The molecule has 0 bridgehead atoms. The molecule has 2 N–H and O–H groups in total. The van der Waals surface area contributed by atoms with Crippen LogP contribution >= 0.6 is 11.3 Å². The Bertz CT molecular complexity index is 1150. The van der Waals surface area contributed by atoms with Crippen LogP contribution in [0.15, 0.2) is 47.7 Å². The first-order valence-corrected chi connectivity index (χ1v) is 9.47. The van der Waals surface area contributed by atoms with Gasteiger partial charge in [0.2, 0.25) is 0 Å². The highest BCUT2D eigenvalue weighted by molar-refractivity contribution is 7.22. The smallest absolute Gasteiger partial charge is 0.296 e. The Hall–Kier alpha value is -3.33. The summed E-state index contributed by atoms with van der Waals surface area (Å²) in [6, 6.07) is 6.75. The SMILES string of the molecule is CCC(=O)C1=C(O)C(=O)N(c2nc3cc(F)c(F)cc3s2)C1c1ccc(O)cc1. The van der Waals surface area contributed by atoms with Gasteiger partial charge in [0, 0.05) is 12.5 Å². The molecule has 1 aliphatic rings. The van der Waals surface area contributed by atoms with Gasteiger partial charge in [-0.2, -0.15) is 0 Å². The fraction of sp³-hybridized carbons (Fsp3) is 0.150. The maximum atomic E-state index is 13.6. The van der Waals surface area contributed by atoms with E-state index in [1.807, 2.05) is 0 Å². The highest BCUT2D eigenvalue weighted by atomic mass is 32.1. The Morgan fingerprint density at radius 3 is 2.48 bits per heavy atom. The third-order valence-corrected chi connectivity index (χ3v) is 5.68. The largest absolute Gasteiger partial charge is 0.508 e. The van der Waals surface area contributed by atoms with Crippen LogP contribution in [-0.4, -0.2) is 26.9 Å². The van der Waals surface area contributed by atoms with Gasteiger partial charge in [0.15, 0.2) is 28.3 Å². The number of phenols is 1. The number of benzene rings is 2. The summed E-state index contributed by atoms with van der Waals surface area (Å²) in [5.74, 6) is -4.06. The number of hydrogen-bond acceptors (Lipinski definition) is 6. The average molecular weight is 416 g/mol. The van der Waals surface area contributed by atoms with E-state index in [1.54, 1.807) is 6.92 Å². The number of halogens is 2. The van der Waals surface area contributed by atoms with Crippen molar-refractivity contribution < 1.29 is 28.6 Å². The van der Waals surface area contributed by atoms with Crippen molar-refractivity contribution in [3.63, 3.8) is 0 Å². The third-order valence-electron chi connectivity index (χ3n) is 4.66. The average Bonchev–Trinajstić information content (AvgIpc) is 3.20. The van der Waals surface area contributed by atoms with Crippen LogP contribution in [0.1, 0.15) is 24.9 Å². The molecule has 0 saturated carbocycles. The molecule has 1 amide bonds. The molecule has 0 radical (unpaired) electrons. The van der Waals surface area contributed by atoms with Crippen LogP contribution in [0.2, 0.25) is 0 Å². The molecular weight excluding hydrogens is 402 g/mol. The number of anilines is 1. The quantitative estimate of drug-likeness (QED) is 0.667. The van der Waals surface area contributed by atoms with E-state index in [-0.39, 0.29) is 28.4 Å². The zero-order valence-electron chi connectivity index (χ0n) is 15.0. The topological polar surface area (TPSA) is 90.7 Å². The minimum absolute atomic E-state index is 0.00729. The van der Waals surface area contributed by atoms with Crippen LogP contribution in [-0.2, 0) is 9.59 Å². The lowest BCUT2D eigenvalue weighted by molar-refractivity contribution is -0.118. The van der Waals surface area contributed by atoms with Crippen LogP contribution < -0.4 is 4.90 Å². The highest BCUT2D eigenvalue weighted by Crippen LogP contribution is 2.44. The van der Waals surface area contributed by atoms with E-state index in [0.29, 0.717) is 10.3 Å². The predicted molar refractivity (Wildman–Crippen MR) is 103 cm³/mol. The summed E-state index contributed by atoms with van der Waals surface area (Å²) in [4.78, 5) is 30.7. The molecule has 1 aliphatic heterocycles. The van der Waals surface area contributed by atoms with Crippen molar-refractivity contribution in [2.45, 2.75) is 19.4 Å². The Morgan fingerprint density at radius 1 is 1.17 bits per heavy atom. The Kier molecular flexibility index (Phi) is 4.54. The molecule has 2 heterocycles. The second-order valence-electron chi connectivity index (χ2n) is 6.44. The number of fused-ring (bicyclic) bond motifs is 1. The number of carbonyl (C=O) groups excluding carboxylic acids is 2. The minimum atomic E-state index is -1.07. The van der Waals surface area contributed by atoms with Crippen LogP contribution in [0.5, 0.6) is 5.75 Å². The second kappa shape index (κ2) is 6.93. The zero-order valence-corrected chi connectivity index (χ0v) is 15.8. The Morgan fingerprint density at radius 2 is 1.83 bits per heavy atom. The molecular formula is C20H14F2N2O4S. The monoisotopic (exact) mass is 416 g/mol. The van der Waals surface area contributed by atoms with E-state index < -0.39 is 35.1 Å². The van der Waals surface area contributed by atoms with E-state index in [2.05, 4.69) is 4.98 Å². The number of amides is 1. The summed E-state index contributed by atoms with van der Waals surface area (Å²) in [5, 5.41) is 20.1. The number of carbonyl (C=O) groups is 2. The number of aromatic hydroxyl groups is 1. The van der Waals surface area contributed by atoms with Crippen LogP contribution in [0.3, 0.4) is 0 Å². The molecule has 1 aromatic heterocycles. The molecule has 1 atom stereocenters. The number of ketones is 1. The fourth-order valence-corrected chi connectivity index (χ4v) is 4.26. The lowest BCUT2D eigenvalue weighted by Gasteiger charge is -2.24. The number of nitrogens with zero attached hydrogens (tertiary/aromatic N) is 2. The van der Waals surface area contributed by atoms with Gasteiger partial charge in [-0.15, -0.1) is 0 Å². The molecule has 1 unspecified atom stereocenters. The molecule has 148 valence electrons. The molecule has 29 heavy (non-hydrogen) atoms. The van der Waals surface area contributed by atoms with Gasteiger partial charge in [0.05, 0.1) is 21.8 Å². The van der Waals surface area contributed by atoms with Crippen LogP contribution in [0.4, 0.5) is 13.9 Å². The molecule has 9 heteroatoms. The summed E-state index contributed by atoms with van der Waals surface area (Å²) in [5.41, 5.74) is 0.532. The van der Waals surface area contributed by atoms with Crippen LogP contribution in [0, 0.1) is 11.6 Å². The number of hydrogen-bond donors (Lipinski definition) is 2. The lowest BCUT2D eigenvalue weighted by atomic mass is 9.95. The number of rotatable bonds is 4. The molecule has 0 fully saturated rings. The number of aromatic nitrogens is 1. The summed E-state index contributed by atoms with van der Waals surface area (Å²) in [7, 11) is 0. The molecule has 0 spiro atoms. The van der Waals surface area contributed by atoms with Crippen molar-refractivity contribution in [2.24, 2.45) is 0 Å². The summed E-state index contributed by atoms with van der Waals surface area (Å²) >= 11 is 0.935. The normalized spacial score (nSPS) is 16.9. The maximum Gasteiger partial charge on any atom is 0.296 e. The van der Waals surface area contributed by atoms with Gasteiger partial charge in [-0.25, -0.2) is 13.8 Å². The highest BCUT2D eigenvalue weighted by Gasteiger charge is 2.45. The van der Waals surface area contributed by atoms with Gasteiger partial charge >= 0.3 is 0 Å². The van der Waals surface area contributed by atoms with Crippen molar-refractivity contribution in [3.05, 3.63) is 64.9 Å². The van der Waals surface area contributed by atoms with E-state index in [1.165, 1.54) is 24.3 Å². The van der Waals surface area contributed by atoms with E-state index in [0.717, 1.165) is 28.4 Å². The van der Waals surface area contributed by atoms with Crippen molar-refractivity contribution in [1.29, 1.82) is 0 Å². The number of thiazole rings is 1. The van der Waals surface area contributed by atoms with Gasteiger partial charge in [0.25, 0.3) is 5.91 Å². The van der Waals surface area contributed by atoms with Gasteiger partial charge in [-0.05, 0) is 23.8 Å². The molecule has 3 aromatic rings. The molecule has 6 nitrogen and oxygen atoms in total. The van der Waals surface area contributed by atoms with Crippen molar-refractivity contribution in [2.75, 3.05) is 4.90 Å². The van der Waals surface area contributed by atoms with Gasteiger partial charge in [-0.1, -0.05) is 30.4 Å². The first kappa shape index (κ1) is 19.0. The number of aliphatic hydroxyl groups is 1. The van der Waals surface area contributed by atoms with Crippen molar-refractivity contribution in [3.8, 4) is 5.75 Å². The number of aliphatic hydroxyl groups excluding tert-OH is 1. The van der Waals surface area contributed by atoms with Gasteiger partial charge in [-0.3, -0.25) is 14.5 Å². The van der Waals surface area contributed by atoms with Gasteiger partial charge < -0.3 is 10.2 Å². The molecule has 4 rings (SSSR count). The number of phenolic OH excluding ortho intramolecular Hbond substituents is 1. The molecule has 2 aromatic carbocycles. The van der Waals surface area contributed by atoms with E-state index >= 15 is 0 Å². The lowest BCUT2D eigenvalue weighted by Crippen LogP contribution is -2.30. The Balaban J connectivity index is 1.90. The molecule has 0 aliphatic carbocycles. The summed E-state index contributed by atoms with van der Waals surface area (Å²) < 4.78 is 27.4. The first-order valence-electron chi connectivity index (χ1n) is 8.66. The Labute approximate surface area is 167 Å².